The van der Waals surface area contributed by atoms with E-state index in [0.29, 0.717) is 19.3 Å². The first-order valence-electron chi connectivity index (χ1n) is 10.8. The molecule has 0 amide bonds. The molecule has 0 aliphatic heterocycles. The Morgan fingerprint density at radius 2 is 1.29 bits per heavy atom. The quantitative estimate of drug-likeness (QED) is 0.159. The van der Waals surface area contributed by atoms with Crippen molar-refractivity contribution in [2.45, 2.75) is 69.0 Å². The fourth-order valence-corrected chi connectivity index (χ4v) is 7.85. The zero-order valence-corrected chi connectivity index (χ0v) is 21.2. The van der Waals surface area contributed by atoms with E-state index in [1.54, 1.807) is 0 Å². The third kappa shape index (κ3) is 15.1. The van der Waals surface area contributed by atoms with Gasteiger partial charge in [0, 0.05) is 12.7 Å². The van der Waals surface area contributed by atoms with Gasteiger partial charge in [-0.05, 0) is 37.1 Å². The van der Waals surface area contributed by atoms with Crippen LogP contribution in [0, 0.1) is 0 Å². The Morgan fingerprint density at radius 1 is 0.824 bits per heavy atom. The summed E-state index contributed by atoms with van der Waals surface area (Å²) in [6.07, 6.45) is 2.19. The van der Waals surface area contributed by atoms with Crippen molar-refractivity contribution < 1.29 is 50.1 Å². The summed E-state index contributed by atoms with van der Waals surface area (Å²) in [5.41, 5.74) is 0. The molecule has 0 fully saturated rings. The van der Waals surface area contributed by atoms with Gasteiger partial charge in [0.1, 0.15) is 11.7 Å². The lowest BCUT2D eigenvalue weighted by Crippen LogP contribution is -2.24. The second-order valence-corrected chi connectivity index (χ2v) is 14.3. The van der Waals surface area contributed by atoms with Crippen molar-refractivity contribution in [3.8, 4) is 5.75 Å². The molecule has 0 radical (unpaired) electrons. The van der Waals surface area contributed by atoms with E-state index in [1.807, 2.05) is 0 Å². The van der Waals surface area contributed by atoms with Gasteiger partial charge in [-0.3, -0.25) is 9.13 Å². The molecule has 0 aliphatic carbocycles. The standard InChI is InChI=1S/C19H32F3NO8P2S/c20-19(21,22)31-17-10-12-18(13-11-17)34(29,30)23-14-8-6-4-2-1-3-5-7-9-15-32(24,25)16-33(26,27)28/h10-13,23H,1-9,14-16H2,(H,24,25)(H2,26,27,28). The third-order valence-electron chi connectivity index (χ3n) is 4.75. The van der Waals surface area contributed by atoms with Crippen molar-refractivity contribution in [2.75, 3.05) is 18.6 Å². The molecular weight excluding hydrogens is 521 g/mol. The zero-order valence-electron chi connectivity index (χ0n) is 18.6. The molecule has 4 N–H and O–H groups in total. The highest BCUT2D eigenvalue weighted by Gasteiger charge is 2.31. The first-order valence-corrected chi connectivity index (χ1v) is 16.1. The number of unbranched alkanes of at least 4 members (excludes halogenated alkanes) is 8. The summed E-state index contributed by atoms with van der Waals surface area (Å²) in [6.45, 7) is 0.207. The van der Waals surface area contributed by atoms with Crippen LogP contribution in [-0.2, 0) is 19.2 Å². The molecule has 0 saturated carbocycles. The largest absolute Gasteiger partial charge is 0.573 e. The molecule has 1 aromatic carbocycles. The Bertz CT molecular complexity index is 936. The predicted molar refractivity (Wildman–Crippen MR) is 121 cm³/mol. The summed E-state index contributed by atoms with van der Waals surface area (Å²) in [5, 5.41) is 0. The van der Waals surface area contributed by atoms with E-state index in [4.69, 9.17) is 9.79 Å². The average Bonchev–Trinajstić information content (AvgIpc) is 2.66. The number of ether oxygens (including phenoxy) is 1. The average molecular weight is 553 g/mol. The Hall–Kier alpha value is -0.940. The molecule has 9 nitrogen and oxygen atoms in total. The molecule has 0 spiro atoms. The molecule has 1 atom stereocenters. The third-order valence-corrected chi connectivity index (χ3v) is 10.5. The Labute approximate surface area is 197 Å². The van der Waals surface area contributed by atoms with Crippen molar-refractivity contribution in [1.29, 1.82) is 0 Å². The Balaban J connectivity index is 2.10. The minimum Gasteiger partial charge on any atom is -0.406 e. The molecule has 34 heavy (non-hydrogen) atoms. The van der Waals surface area contributed by atoms with E-state index in [1.165, 1.54) is 0 Å². The van der Waals surface area contributed by atoms with Crippen molar-refractivity contribution in [2.24, 2.45) is 0 Å². The molecule has 15 heteroatoms. The van der Waals surface area contributed by atoms with Gasteiger partial charge in [0.15, 0.2) is 0 Å². The van der Waals surface area contributed by atoms with Crippen LogP contribution in [0.4, 0.5) is 13.2 Å². The van der Waals surface area contributed by atoms with Crippen LogP contribution in [0.25, 0.3) is 0 Å². The lowest BCUT2D eigenvalue weighted by molar-refractivity contribution is -0.274. The van der Waals surface area contributed by atoms with Crippen molar-refractivity contribution in [1.82, 2.24) is 4.72 Å². The van der Waals surface area contributed by atoms with Gasteiger partial charge in [0.25, 0.3) is 0 Å². The van der Waals surface area contributed by atoms with Crippen LogP contribution < -0.4 is 9.46 Å². The molecule has 0 aromatic heterocycles. The monoisotopic (exact) mass is 553 g/mol. The maximum absolute atomic E-state index is 12.2. The van der Waals surface area contributed by atoms with Gasteiger partial charge in [-0.2, -0.15) is 0 Å². The first-order chi connectivity index (χ1) is 15.6. The van der Waals surface area contributed by atoms with E-state index in [2.05, 4.69) is 9.46 Å². The Kier molecular flexibility index (Phi) is 12.8. The zero-order chi connectivity index (χ0) is 25.9. The number of sulfonamides is 1. The van der Waals surface area contributed by atoms with Crippen LogP contribution in [0.15, 0.2) is 29.2 Å². The first kappa shape index (κ1) is 31.1. The topological polar surface area (TPSA) is 150 Å². The normalized spacial score (nSPS) is 14.6. The number of hydrogen-bond acceptors (Lipinski definition) is 5. The molecular formula is C19H32F3NO8P2S. The van der Waals surface area contributed by atoms with Gasteiger partial charge >= 0.3 is 14.0 Å². The molecule has 1 rings (SSSR count). The van der Waals surface area contributed by atoms with Crippen LogP contribution in [0.2, 0.25) is 0 Å². The number of nitrogens with one attached hydrogen (secondary N) is 1. The van der Waals surface area contributed by atoms with Gasteiger partial charge in [0.2, 0.25) is 17.4 Å². The molecule has 0 aliphatic rings. The maximum Gasteiger partial charge on any atom is 0.573 e. The molecule has 1 aromatic rings. The van der Waals surface area contributed by atoms with E-state index < -0.39 is 43.0 Å². The van der Waals surface area contributed by atoms with Crippen molar-refractivity contribution >= 4 is 25.0 Å². The van der Waals surface area contributed by atoms with E-state index in [0.717, 1.165) is 62.8 Å². The van der Waals surface area contributed by atoms with Gasteiger partial charge in [-0.15, -0.1) is 13.2 Å². The summed E-state index contributed by atoms with van der Waals surface area (Å²) in [7, 11) is -12.1. The lowest BCUT2D eigenvalue weighted by Gasteiger charge is -2.12. The lowest BCUT2D eigenvalue weighted by atomic mass is 10.1. The number of halogens is 3. The summed E-state index contributed by atoms with van der Waals surface area (Å²) in [5.74, 6) is -1.47. The van der Waals surface area contributed by atoms with Crippen molar-refractivity contribution in [3.05, 3.63) is 24.3 Å². The van der Waals surface area contributed by atoms with Crippen molar-refractivity contribution in [3.63, 3.8) is 0 Å². The summed E-state index contributed by atoms with van der Waals surface area (Å²) in [6, 6.07) is 3.96. The van der Waals surface area contributed by atoms with E-state index in [-0.39, 0.29) is 17.6 Å². The van der Waals surface area contributed by atoms with E-state index >= 15 is 0 Å². The summed E-state index contributed by atoms with van der Waals surface area (Å²) >= 11 is 0. The number of benzene rings is 1. The molecule has 198 valence electrons. The van der Waals surface area contributed by atoms with Gasteiger partial charge < -0.3 is 19.4 Å². The van der Waals surface area contributed by atoms with Crippen LogP contribution in [-0.4, -0.2) is 48.1 Å². The van der Waals surface area contributed by atoms with Gasteiger partial charge in [-0.25, -0.2) is 13.1 Å². The number of hydrogen-bond donors (Lipinski definition) is 4. The van der Waals surface area contributed by atoms with Gasteiger partial charge in [-0.1, -0.05) is 44.9 Å². The molecule has 0 saturated heterocycles. The molecule has 1 unspecified atom stereocenters. The fraction of sp³-hybridized carbons (Fsp3) is 0.684. The SMILES string of the molecule is O=P(O)(O)CP(=O)(O)CCCCCCCCCCCNS(=O)(=O)c1ccc(OC(F)(F)F)cc1. The number of alkyl halides is 3. The van der Waals surface area contributed by atoms with E-state index in [9.17, 15) is 35.6 Å². The van der Waals surface area contributed by atoms with Gasteiger partial charge in [0.05, 0.1) is 4.90 Å². The predicted octanol–water partition coefficient (Wildman–Crippen LogP) is 4.78. The minimum atomic E-state index is -4.85. The second-order valence-electron chi connectivity index (χ2n) is 7.97. The fourth-order valence-electron chi connectivity index (χ4n) is 3.19. The number of rotatable bonds is 17. The molecule has 0 heterocycles. The summed E-state index contributed by atoms with van der Waals surface area (Å²) in [4.78, 5) is 26.9. The highest BCUT2D eigenvalue weighted by molar-refractivity contribution is 7.89. The highest BCUT2D eigenvalue weighted by Crippen LogP contribution is 2.54. The summed E-state index contributed by atoms with van der Waals surface area (Å²) < 4.78 is 89.4. The van der Waals surface area contributed by atoms with Crippen LogP contribution in [0.3, 0.4) is 0 Å². The second kappa shape index (κ2) is 14.0. The van der Waals surface area contributed by atoms with Crippen LogP contribution in [0.1, 0.15) is 57.8 Å². The van der Waals surface area contributed by atoms with Crippen LogP contribution >= 0.6 is 15.0 Å². The highest BCUT2D eigenvalue weighted by atomic mass is 32.2. The molecule has 0 bridgehead atoms. The maximum atomic E-state index is 12.2. The smallest absolute Gasteiger partial charge is 0.406 e. The van der Waals surface area contributed by atoms with Crippen LogP contribution in [0.5, 0.6) is 5.75 Å². The Morgan fingerprint density at radius 3 is 1.76 bits per heavy atom. The minimum absolute atomic E-state index is 0.0977.